The highest BCUT2D eigenvalue weighted by molar-refractivity contribution is 5.94. The zero-order valence-electron chi connectivity index (χ0n) is 14.1. The number of hydrogen-bond acceptors (Lipinski definition) is 3. The number of amides is 1. The van der Waals surface area contributed by atoms with Crippen LogP contribution in [0.4, 0.5) is 13.2 Å². The van der Waals surface area contributed by atoms with Crippen LogP contribution in [0.3, 0.4) is 0 Å². The Hall–Kier alpha value is -2.31. The molecule has 0 radical (unpaired) electrons. The van der Waals surface area contributed by atoms with Crippen LogP contribution in [0.2, 0.25) is 0 Å². The molecule has 0 saturated heterocycles. The number of carbonyl (C=O) groups excluding carboxylic acids is 1. The fourth-order valence-electron chi connectivity index (χ4n) is 3.77. The molecule has 4 rings (SSSR count). The van der Waals surface area contributed by atoms with Gasteiger partial charge in [0.15, 0.2) is 5.69 Å². The number of nitrogens with one attached hydrogen (secondary N) is 1. The summed E-state index contributed by atoms with van der Waals surface area (Å²) in [6.07, 6.45) is 0.865. The van der Waals surface area contributed by atoms with E-state index < -0.39 is 11.7 Å². The first kappa shape index (κ1) is 17.1. The van der Waals surface area contributed by atoms with E-state index in [1.54, 1.807) is 0 Å². The van der Waals surface area contributed by atoms with Crippen LogP contribution in [0.1, 0.15) is 64.5 Å². The zero-order chi connectivity index (χ0) is 18.3. The van der Waals surface area contributed by atoms with Gasteiger partial charge in [-0.15, -0.1) is 0 Å². The van der Waals surface area contributed by atoms with E-state index in [0.29, 0.717) is 5.69 Å². The van der Waals surface area contributed by atoms with Crippen molar-refractivity contribution in [3.05, 3.63) is 52.4 Å². The van der Waals surface area contributed by atoms with Crippen molar-refractivity contribution in [2.75, 3.05) is 0 Å². The number of aromatic nitrogens is 1. The fourth-order valence-corrected chi connectivity index (χ4v) is 3.77. The first-order chi connectivity index (χ1) is 12.4. The number of alkyl halides is 3. The molecule has 0 unspecified atom stereocenters. The van der Waals surface area contributed by atoms with Crippen LogP contribution < -0.4 is 5.32 Å². The Morgan fingerprint density at radius 1 is 1.12 bits per heavy atom. The van der Waals surface area contributed by atoms with Gasteiger partial charge in [0, 0.05) is 18.0 Å². The van der Waals surface area contributed by atoms with Crippen molar-refractivity contribution in [2.45, 2.75) is 56.7 Å². The lowest BCUT2D eigenvalue weighted by molar-refractivity contribution is -0.137. The summed E-state index contributed by atoms with van der Waals surface area (Å²) in [6, 6.07) is 5.30. The minimum atomic E-state index is -4.31. The van der Waals surface area contributed by atoms with E-state index in [4.69, 9.17) is 4.52 Å². The van der Waals surface area contributed by atoms with Crippen molar-refractivity contribution < 1.29 is 22.5 Å². The number of nitrogens with zero attached hydrogens (tertiary/aromatic N) is 1. The first-order valence-electron chi connectivity index (χ1n) is 8.87. The molecule has 1 heterocycles. The largest absolute Gasteiger partial charge is 0.416 e. The van der Waals surface area contributed by atoms with Crippen LogP contribution in [0.5, 0.6) is 0 Å². The molecule has 0 bridgehead atoms. The molecule has 0 atom stereocenters. The molecule has 0 aliphatic heterocycles. The summed E-state index contributed by atoms with van der Waals surface area (Å²) in [6.45, 7) is 0. The van der Waals surface area contributed by atoms with Crippen LogP contribution in [-0.2, 0) is 19.0 Å². The van der Waals surface area contributed by atoms with Crippen LogP contribution in [-0.4, -0.2) is 17.1 Å². The highest BCUT2D eigenvalue weighted by atomic mass is 19.4. The molecular weight excluding hydrogens is 345 g/mol. The van der Waals surface area contributed by atoms with Gasteiger partial charge in [-0.25, -0.2) is 0 Å². The van der Waals surface area contributed by atoms with Gasteiger partial charge in [-0.1, -0.05) is 17.3 Å². The number of halogens is 3. The molecule has 1 amide bonds. The minimum absolute atomic E-state index is 0.0192. The van der Waals surface area contributed by atoms with Gasteiger partial charge in [0.25, 0.3) is 5.91 Å². The molecule has 1 aromatic carbocycles. The predicted molar refractivity (Wildman–Crippen MR) is 87.8 cm³/mol. The Morgan fingerprint density at radius 2 is 1.81 bits per heavy atom. The lowest BCUT2D eigenvalue weighted by Gasteiger charge is -2.36. The Bertz CT molecular complexity index is 805. The molecule has 1 aromatic heterocycles. The van der Waals surface area contributed by atoms with Gasteiger partial charge in [0.05, 0.1) is 5.56 Å². The summed E-state index contributed by atoms with van der Waals surface area (Å²) in [4.78, 5) is 12.4. The average molecular weight is 364 g/mol. The molecule has 26 heavy (non-hydrogen) atoms. The smallest absolute Gasteiger partial charge is 0.360 e. The summed E-state index contributed by atoms with van der Waals surface area (Å²) in [5.74, 6) is 0.777. The molecule has 1 saturated carbocycles. The highest BCUT2D eigenvalue weighted by Gasteiger charge is 2.35. The molecule has 2 aliphatic rings. The molecule has 0 spiro atoms. The number of carbonyl (C=O) groups is 1. The lowest BCUT2D eigenvalue weighted by Crippen LogP contribution is -2.43. The molecular formula is C19H19F3N2O2. The van der Waals surface area contributed by atoms with E-state index in [0.717, 1.165) is 67.5 Å². The fraction of sp³-hybridized carbons (Fsp3) is 0.474. The van der Waals surface area contributed by atoms with Gasteiger partial charge in [-0.2, -0.15) is 13.2 Å². The summed E-state index contributed by atoms with van der Waals surface area (Å²) in [5.41, 5.74) is 1.55. The number of benzene rings is 1. The molecule has 7 heteroatoms. The first-order valence-corrected chi connectivity index (χ1v) is 8.87. The predicted octanol–water partition coefficient (Wildman–Crippen LogP) is 4.25. The standard InChI is InChI=1S/C19H19F3N2O2/c20-19(21,22)13-7-5-11(6-8-13)12-9-14(10-12)23-18(25)17-15-3-1-2-4-16(15)26-24-17/h5-8,12,14H,1-4,9-10H2,(H,23,25). The third kappa shape index (κ3) is 3.22. The molecule has 2 aromatic rings. The van der Waals surface area contributed by atoms with E-state index in [9.17, 15) is 18.0 Å². The third-order valence-corrected chi connectivity index (χ3v) is 5.35. The van der Waals surface area contributed by atoms with Gasteiger partial charge in [-0.3, -0.25) is 4.79 Å². The average Bonchev–Trinajstić information content (AvgIpc) is 3.01. The Labute approximate surface area is 148 Å². The van der Waals surface area contributed by atoms with Crippen molar-refractivity contribution in [1.82, 2.24) is 10.5 Å². The number of rotatable bonds is 3. The van der Waals surface area contributed by atoms with Gasteiger partial charge in [-0.05, 0) is 55.7 Å². The van der Waals surface area contributed by atoms with E-state index >= 15 is 0 Å². The molecule has 2 aliphatic carbocycles. The monoisotopic (exact) mass is 364 g/mol. The van der Waals surface area contributed by atoms with E-state index in [2.05, 4.69) is 10.5 Å². The summed E-state index contributed by atoms with van der Waals surface area (Å²) < 4.78 is 43.1. The maximum Gasteiger partial charge on any atom is 0.416 e. The lowest BCUT2D eigenvalue weighted by atomic mass is 9.75. The van der Waals surface area contributed by atoms with Crippen molar-refractivity contribution >= 4 is 5.91 Å². The molecule has 4 nitrogen and oxygen atoms in total. The zero-order valence-corrected chi connectivity index (χ0v) is 14.1. The van der Waals surface area contributed by atoms with Gasteiger partial charge in [0.2, 0.25) is 0 Å². The van der Waals surface area contributed by atoms with Crippen molar-refractivity contribution in [2.24, 2.45) is 0 Å². The van der Waals surface area contributed by atoms with Gasteiger partial charge >= 0.3 is 6.18 Å². The van der Waals surface area contributed by atoms with Crippen molar-refractivity contribution in [3.8, 4) is 0 Å². The van der Waals surface area contributed by atoms with Crippen LogP contribution in [0.25, 0.3) is 0 Å². The van der Waals surface area contributed by atoms with Crippen molar-refractivity contribution in [1.29, 1.82) is 0 Å². The van der Waals surface area contributed by atoms with Crippen molar-refractivity contribution in [3.63, 3.8) is 0 Å². The molecule has 1 N–H and O–H groups in total. The van der Waals surface area contributed by atoms with E-state index in [1.807, 2.05) is 0 Å². The summed E-state index contributed by atoms with van der Waals surface area (Å²) >= 11 is 0. The molecule has 1 fully saturated rings. The maximum atomic E-state index is 12.6. The van der Waals surface area contributed by atoms with E-state index in [1.165, 1.54) is 12.1 Å². The second kappa shape index (κ2) is 6.45. The Morgan fingerprint density at radius 3 is 2.50 bits per heavy atom. The minimum Gasteiger partial charge on any atom is -0.360 e. The van der Waals surface area contributed by atoms with Gasteiger partial charge in [0.1, 0.15) is 5.76 Å². The molecule has 138 valence electrons. The Kier molecular flexibility index (Phi) is 4.25. The van der Waals surface area contributed by atoms with Gasteiger partial charge < -0.3 is 9.84 Å². The quantitative estimate of drug-likeness (QED) is 0.886. The second-order valence-corrected chi connectivity index (χ2v) is 7.10. The topological polar surface area (TPSA) is 55.1 Å². The maximum absolute atomic E-state index is 12.6. The van der Waals surface area contributed by atoms with Crippen LogP contribution in [0.15, 0.2) is 28.8 Å². The number of hydrogen-bond donors (Lipinski definition) is 1. The Balaban J connectivity index is 1.34. The SMILES string of the molecule is O=C(NC1CC(c2ccc(C(F)(F)F)cc2)C1)c1noc2c1CCCC2. The normalized spacial score (nSPS) is 22.4. The number of fused-ring (bicyclic) bond motifs is 1. The highest BCUT2D eigenvalue weighted by Crippen LogP contribution is 2.38. The second-order valence-electron chi connectivity index (χ2n) is 7.10. The van der Waals surface area contributed by atoms with Crippen LogP contribution in [0, 0.1) is 0 Å². The summed E-state index contributed by atoms with van der Waals surface area (Å²) in [5, 5.41) is 6.89. The van der Waals surface area contributed by atoms with Crippen LogP contribution >= 0.6 is 0 Å². The van der Waals surface area contributed by atoms with E-state index in [-0.39, 0.29) is 17.9 Å². The number of aryl methyl sites for hydroxylation is 1. The summed E-state index contributed by atoms with van der Waals surface area (Å²) in [7, 11) is 0. The third-order valence-electron chi connectivity index (χ3n) is 5.35.